The van der Waals surface area contributed by atoms with Crippen molar-refractivity contribution in [3.8, 4) is 22.7 Å². The van der Waals surface area contributed by atoms with Gasteiger partial charge in [-0.2, -0.15) is 18.3 Å². The van der Waals surface area contributed by atoms with Crippen molar-refractivity contribution in [2.24, 2.45) is 0 Å². The number of sulfone groups is 1. The van der Waals surface area contributed by atoms with E-state index in [2.05, 4.69) is 5.10 Å². The highest BCUT2D eigenvalue weighted by molar-refractivity contribution is 7.90. The molecular formula is C18H14F4N2O3S. The third-order valence-corrected chi connectivity index (χ3v) is 5.05. The van der Waals surface area contributed by atoms with Crippen LogP contribution in [0.2, 0.25) is 0 Å². The third-order valence-electron chi connectivity index (χ3n) is 3.92. The molecule has 0 atom stereocenters. The Morgan fingerprint density at radius 3 is 2.36 bits per heavy atom. The van der Waals surface area contributed by atoms with Gasteiger partial charge in [-0.25, -0.2) is 17.5 Å². The Balaban J connectivity index is 2.22. The van der Waals surface area contributed by atoms with Crippen LogP contribution in [0.1, 0.15) is 5.69 Å². The van der Waals surface area contributed by atoms with Crippen LogP contribution >= 0.6 is 0 Å². The molecule has 148 valence electrons. The van der Waals surface area contributed by atoms with Gasteiger partial charge in [0, 0.05) is 17.9 Å². The van der Waals surface area contributed by atoms with Gasteiger partial charge in [0.15, 0.2) is 15.5 Å². The lowest BCUT2D eigenvalue weighted by Gasteiger charge is -2.10. The number of halogens is 4. The molecule has 0 aliphatic carbocycles. The van der Waals surface area contributed by atoms with Gasteiger partial charge < -0.3 is 4.74 Å². The van der Waals surface area contributed by atoms with E-state index >= 15 is 0 Å². The van der Waals surface area contributed by atoms with Gasteiger partial charge in [-0.1, -0.05) is 12.1 Å². The molecule has 0 spiro atoms. The Labute approximate surface area is 158 Å². The van der Waals surface area contributed by atoms with E-state index in [1.165, 1.54) is 19.2 Å². The lowest BCUT2D eigenvalue weighted by molar-refractivity contribution is -0.141. The summed E-state index contributed by atoms with van der Waals surface area (Å²) in [5.74, 6) is -0.668. The molecule has 0 unspecified atom stereocenters. The van der Waals surface area contributed by atoms with Crippen molar-refractivity contribution >= 4 is 9.84 Å². The summed E-state index contributed by atoms with van der Waals surface area (Å²) in [5, 5.41) is 3.55. The maximum absolute atomic E-state index is 14.3. The Bertz CT molecular complexity index is 1140. The molecule has 1 heterocycles. The molecular weight excluding hydrogens is 400 g/mol. The summed E-state index contributed by atoms with van der Waals surface area (Å²) in [5.41, 5.74) is -0.830. The lowest BCUT2D eigenvalue weighted by atomic mass is 10.1. The second kappa shape index (κ2) is 6.93. The highest BCUT2D eigenvalue weighted by atomic mass is 32.2. The van der Waals surface area contributed by atoms with Gasteiger partial charge in [0.25, 0.3) is 0 Å². The van der Waals surface area contributed by atoms with Gasteiger partial charge in [-0.05, 0) is 30.3 Å². The van der Waals surface area contributed by atoms with Crippen molar-refractivity contribution in [2.45, 2.75) is 11.1 Å². The van der Waals surface area contributed by atoms with Gasteiger partial charge >= 0.3 is 6.18 Å². The number of hydrogen-bond acceptors (Lipinski definition) is 4. The van der Waals surface area contributed by atoms with Crippen molar-refractivity contribution in [2.75, 3.05) is 13.4 Å². The molecule has 5 nitrogen and oxygen atoms in total. The normalized spacial score (nSPS) is 12.2. The van der Waals surface area contributed by atoms with Crippen LogP contribution in [-0.2, 0) is 16.0 Å². The van der Waals surface area contributed by atoms with E-state index in [9.17, 15) is 26.0 Å². The minimum atomic E-state index is -4.72. The van der Waals surface area contributed by atoms with E-state index in [1.54, 1.807) is 18.2 Å². The molecule has 0 N–H and O–H groups in total. The standard InChI is InChI=1S/C18H14F4N2O3S/c1-27-13-5-3-4-11(8-13)15-10-17(18(20,21)22)23-24(15)12-6-7-16(14(19)9-12)28(2,25)26/h3-10H,1-2H3. The van der Waals surface area contributed by atoms with Gasteiger partial charge in [0.2, 0.25) is 0 Å². The van der Waals surface area contributed by atoms with E-state index in [0.717, 1.165) is 29.1 Å². The van der Waals surface area contributed by atoms with Crippen molar-refractivity contribution in [3.05, 3.63) is 60.0 Å². The van der Waals surface area contributed by atoms with Crippen LogP contribution in [0.25, 0.3) is 16.9 Å². The topological polar surface area (TPSA) is 61.2 Å². The predicted molar refractivity (Wildman–Crippen MR) is 93.6 cm³/mol. The highest BCUT2D eigenvalue weighted by Crippen LogP contribution is 2.34. The lowest BCUT2D eigenvalue weighted by Crippen LogP contribution is -2.08. The van der Waals surface area contributed by atoms with E-state index in [0.29, 0.717) is 11.3 Å². The second-order valence-corrected chi connectivity index (χ2v) is 7.93. The summed E-state index contributed by atoms with van der Waals surface area (Å²) in [6, 6.07) is 10.1. The van der Waals surface area contributed by atoms with E-state index in [1.807, 2.05) is 0 Å². The molecule has 3 rings (SSSR count). The van der Waals surface area contributed by atoms with Crippen molar-refractivity contribution in [1.82, 2.24) is 9.78 Å². The minimum Gasteiger partial charge on any atom is -0.497 e. The summed E-state index contributed by atoms with van der Waals surface area (Å²) in [6.45, 7) is 0. The zero-order chi connectivity index (χ0) is 20.7. The first-order valence-electron chi connectivity index (χ1n) is 7.82. The van der Waals surface area contributed by atoms with Crippen LogP contribution in [0.5, 0.6) is 5.75 Å². The Morgan fingerprint density at radius 2 is 1.79 bits per heavy atom. The van der Waals surface area contributed by atoms with Crippen LogP contribution in [0.15, 0.2) is 53.4 Å². The fraction of sp³-hybridized carbons (Fsp3) is 0.167. The fourth-order valence-corrected chi connectivity index (χ4v) is 3.36. The molecule has 2 aromatic carbocycles. The molecule has 1 aromatic heterocycles. The average Bonchev–Trinajstić information content (AvgIpc) is 3.06. The molecule has 0 saturated carbocycles. The van der Waals surface area contributed by atoms with Crippen LogP contribution in [-0.4, -0.2) is 31.6 Å². The van der Waals surface area contributed by atoms with E-state index in [-0.39, 0.29) is 11.4 Å². The number of hydrogen-bond donors (Lipinski definition) is 0. The highest BCUT2D eigenvalue weighted by Gasteiger charge is 2.35. The number of alkyl halides is 3. The summed E-state index contributed by atoms with van der Waals surface area (Å²) in [6.07, 6.45) is -3.88. The smallest absolute Gasteiger partial charge is 0.435 e. The number of nitrogens with zero attached hydrogens (tertiary/aromatic N) is 2. The molecule has 0 amide bonds. The van der Waals surface area contributed by atoms with Gasteiger partial charge in [0.05, 0.1) is 18.5 Å². The van der Waals surface area contributed by atoms with Crippen molar-refractivity contribution < 1.29 is 30.7 Å². The summed E-state index contributed by atoms with van der Waals surface area (Å²) >= 11 is 0. The Morgan fingerprint density at radius 1 is 1.07 bits per heavy atom. The monoisotopic (exact) mass is 414 g/mol. The second-order valence-electron chi connectivity index (χ2n) is 5.94. The van der Waals surface area contributed by atoms with Gasteiger partial charge in [0.1, 0.15) is 16.5 Å². The summed E-state index contributed by atoms with van der Waals surface area (Å²) in [4.78, 5) is -0.553. The fourth-order valence-electron chi connectivity index (χ4n) is 2.63. The molecule has 0 fully saturated rings. The molecule has 10 heteroatoms. The zero-order valence-electron chi connectivity index (χ0n) is 14.7. The van der Waals surface area contributed by atoms with Crippen molar-refractivity contribution in [1.29, 1.82) is 0 Å². The molecule has 3 aromatic rings. The number of methoxy groups -OCH3 is 1. The van der Waals surface area contributed by atoms with E-state index in [4.69, 9.17) is 4.74 Å². The van der Waals surface area contributed by atoms with Gasteiger partial charge in [-0.15, -0.1) is 0 Å². The molecule has 0 radical (unpaired) electrons. The zero-order valence-corrected chi connectivity index (χ0v) is 15.5. The maximum Gasteiger partial charge on any atom is 0.435 e. The first kappa shape index (κ1) is 19.9. The van der Waals surface area contributed by atoms with Crippen LogP contribution < -0.4 is 4.74 Å². The largest absolute Gasteiger partial charge is 0.497 e. The summed E-state index contributed by atoms with van der Waals surface area (Å²) in [7, 11) is -2.41. The van der Waals surface area contributed by atoms with E-state index < -0.39 is 32.4 Å². The van der Waals surface area contributed by atoms with Gasteiger partial charge in [-0.3, -0.25) is 0 Å². The Kier molecular flexibility index (Phi) is 4.92. The number of ether oxygens (including phenoxy) is 1. The maximum atomic E-state index is 14.3. The molecule has 0 aliphatic rings. The number of rotatable bonds is 4. The molecule has 0 aliphatic heterocycles. The average molecular weight is 414 g/mol. The van der Waals surface area contributed by atoms with Crippen LogP contribution in [0.3, 0.4) is 0 Å². The van der Waals surface area contributed by atoms with Crippen LogP contribution in [0, 0.1) is 5.82 Å². The molecule has 0 saturated heterocycles. The van der Waals surface area contributed by atoms with Crippen molar-refractivity contribution in [3.63, 3.8) is 0 Å². The molecule has 28 heavy (non-hydrogen) atoms. The Hall–Kier alpha value is -2.88. The van der Waals surface area contributed by atoms with Crippen LogP contribution in [0.4, 0.5) is 17.6 Å². The number of benzene rings is 2. The predicted octanol–water partition coefficient (Wildman–Crippen LogP) is 4.11. The third kappa shape index (κ3) is 3.86. The summed E-state index contributed by atoms with van der Waals surface area (Å²) < 4.78 is 83.0. The first-order valence-corrected chi connectivity index (χ1v) is 9.71. The number of aromatic nitrogens is 2. The first-order chi connectivity index (χ1) is 13.0. The molecule has 0 bridgehead atoms. The SMILES string of the molecule is COc1cccc(-c2cc(C(F)(F)F)nn2-c2ccc(S(C)(=O)=O)c(F)c2)c1. The quantitative estimate of drug-likeness (QED) is 0.603. The minimum absolute atomic E-state index is 0.0396.